The molecule has 0 saturated heterocycles. The largest absolute Gasteiger partial charge is 0.493 e. The van der Waals surface area contributed by atoms with Gasteiger partial charge in [-0.1, -0.05) is 23.7 Å². The molecule has 1 unspecified atom stereocenters. The van der Waals surface area contributed by atoms with Gasteiger partial charge in [0.15, 0.2) is 17.6 Å². The number of rotatable bonds is 9. The average Bonchev–Trinajstić information content (AvgIpc) is 2.64. The molecule has 28 heavy (non-hydrogen) atoms. The van der Waals surface area contributed by atoms with E-state index < -0.39 is 12.7 Å². The van der Waals surface area contributed by atoms with Gasteiger partial charge in [0.2, 0.25) is 0 Å². The van der Waals surface area contributed by atoms with Crippen LogP contribution in [0.2, 0.25) is 5.02 Å². The number of carbonyl (C=O) groups excluding carboxylic acids is 1. The maximum atomic E-state index is 12.5. The first-order valence-corrected chi connectivity index (χ1v) is 9.00. The van der Waals surface area contributed by atoms with Gasteiger partial charge in [-0.2, -0.15) is 8.78 Å². The SMILES string of the molecule is COc1ccc(CCNC(=O)C(C)Oc2cc(C)ccc2Cl)cc1OC(F)F. The molecule has 0 bridgehead atoms. The van der Waals surface area contributed by atoms with Crippen LogP contribution in [-0.4, -0.2) is 32.3 Å². The fourth-order valence-electron chi connectivity index (χ4n) is 2.48. The fraction of sp³-hybridized carbons (Fsp3) is 0.350. The first kappa shape index (κ1) is 21.8. The van der Waals surface area contributed by atoms with Gasteiger partial charge < -0.3 is 19.5 Å². The summed E-state index contributed by atoms with van der Waals surface area (Å²) < 4.78 is 40.0. The third-order valence-corrected chi connectivity index (χ3v) is 4.23. The van der Waals surface area contributed by atoms with E-state index in [1.54, 1.807) is 31.2 Å². The molecular formula is C20H22ClF2NO4. The summed E-state index contributed by atoms with van der Waals surface area (Å²) in [7, 11) is 1.37. The van der Waals surface area contributed by atoms with Crippen molar-refractivity contribution >= 4 is 17.5 Å². The van der Waals surface area contributed by atoms with Crippen molar-refractivity contribution in [2.45, 2.75) is 33.0 Å². The number of amides is 1. The lowest BCUT2D eigenvalue weighted by Crippen LogP contribution is -2.37. The van der Waals surface area contributed by atoms with Crippen molar-refractivity contribution in [3.05, 3.63) is 52.5 Å². The highest BCUT2D eigenvalue weighted by Gasteiger charge is 2.16. The number of hydrogen-bond acceptors (Lipinski definition) is 4. The minimum Gasteiger partial charge on any atom is -0.493 e. The van der Waals surface area contributed by atoms with Gasteiger partial charge >= 0.3 is 6.61 Å². The van der Waals surface area contributed by atoms with Crippen molar-refractivity contribution < 1.29 is 27.8 Å². The summed E-state index contributed by atoms with van der Waals surface area (Å²) >= 11 is 6.07. The standard InChI is InChI=1S/C20H22ClF2NO4/c1-12-4-6-15(21)17(10-12)27-13(2)19(25)24-9-8-14-5-7-16(26-3)18(11-14)28-20(22)23/h4-7,10-11,13,20H,8-9H2,1-3H3,(H,24,25). The van der Waals surface area contributed by atoms with E-state index in [1.165, 1.54) is 13.2 Å². The Balaban J connectivity index is 1.90. The Kier molecular flexibility index (Phi) is 7.87. The maximum Gasteiger partial charge on any atom is 0.387 e. The molecule has 1 amide bonds. The summed E-state index contributed by atoms with van der Waals surface area (Å²) in [5.41, 5.74) is 1.68. The minimum atomic E-state index is -2.95. The van der Waals surface area contributed by atoms with Crippen molar-refractivity contribution in [2.24, 2.45) is 0 Å². The summed E-state index contributed by atoms with van der Waals surface area (Å²) in [5.74, 6) is 0.292. The molecule has 0 aromatic heterocycles. The average molecular weight is 414 g/mol. The van der Waals surface area contributed by atoms with Gasteiger partial charge in [-0.3, -0.25) is 4.79 Å². The van der Waals surface area contributed by atoms with E-state index in [-0.39, 0.29) is 17.4 Å². The monoisotopic (exact) mass is 413 g/mol. The molecular weight excluding hydrogens is 392 g/mol. The number of alkyl halides is 2. The molecule has 1 N–H and O–H groups in total. The number of hydrogen-bond donors (Lipinski definition) is 1. The van der Waals surface area contributed by atoms with Gasteiger partial charge in [0.1, 0.15) is 5.75 Å². The van der Waals surface area contributed by atoms with E-state index in [1.807, 2.05) is 13.0 Å². The molecule has 0 aliphatic heterocycles. The molecule has 2 rings (SSSR count). The molecule has 0 radical (unpaired) electrons. The quantitative estimate of drug-likeness (QED) is 0.662. The van der Waals surface area contributed by atoms with Crippen molar-refractivity contribution in [1.29, 1.82) is 0 Å². The van der Waals surface area contributed by atoms with Crippen LogP contribution in [0.25, 0.3) is 0 Å². The van der Waals surface area contributed by atoms with E-state index in [9.17, 15) is 13.6 Å². The van der Waals surface area contributed by atoms with Crippen LogP contribution in [-0.2, 0) is 11.2 Å². The number of carbonyl (C=O) groups is 1. The lowest BCUT2D eigenvalue weighted by molar-refractivity contribution is -0.127. The lowest BCUT2D eigenvalue weighted by atomic mass is 10.1. The Bertz CT molecular complexity index is 817. The van der Waals surface area contributed by atoms with Crippen LogP contribution in [0, 0.1) is 6.92 Å². The first-order chi connectivity index (χ1) is 13.3. The Hall–Kier alpha value is -2.54. The Morgan fingerprint density at radius 1 is 1.11 bits per heavy atom. The smallest absolute Gasteiger partial charge is 0.387 e. The highest BCUT2D eigenvalue weighted by molar-refractivity contribution is 6.32. The van der Waals surface area contributed by atoms with Crippen molar-refractivity contribution in [2.75, 3.05) is 13.7 Å². The van der Waals surface area contributed by atoms with Crippen molar-refractivity contribution in [3.63, 3.8) is 0 Å². The van der Waals surface area contributed by atoms with Crippen LogP contribution in [0.5, 0.6) is 17.2 Å². The van der Waals surface area contributed by atoms with E-state index in [0.717, 1.165) is 5.56 Å². The number of aryl methyl sites for hydroxylation is 1. The number of halogens is 3. The zero-order valence-corrected chi connectivity index (χ0v) is 16.6. The number of nitrogens with one attached hydrogen (secondary N) is 1. The van der Waals surface area contributed by atoms with E-state index in [0.29, 0.717) is 29.3 Å². The first-order valence-electron chi connectivity index (χ1n) is 8.62. The van der Waals surface area contributed by atoms with Gasteiger partial charge in [-0.15, -0.1) is 0 Å². The molecule has 0 aliphatic rings. The third kappa shape index (κ3) is 6.27. The predicted octanol–water partition coefficient (Wildman–Crippen LogP) is 4.38. The Morgan fingerprint density at radius 2 is 1.86 bits per heavy atom. The number of benzene rings is 2. The van der Waals surface area contributed by atoms with Gasteiger partial charge in [-0.05, 0) is 55.7 Å². The van der Waals surface area contributed by atoms with Gasteiger partial charge in [0.05, 0.1) is 12.1 Å². The van der Waals surface area contributed by atoms with Crippen LogP contribution in [0.15, 0.2) is 36.4 Å². The summed E-state index contributed by atoms with van der Waals surface area (Å²) in [6.45, 7) is 0.870. The maximum absolute atomic E-state index is 12.5. The fourth-order valence-corrected chi connectivity index (χ4v) is 2.65. The summed E-state index contributed by atoms with van der Waals surface area (Å²) in [6, 6.07) is 10.0. The minimum absolute atomic E-state index is 0.0490. The molecule has 0 fully saturated rings. The molecule has 8 heteroatoms. The Morgan fingerprint density at radius 3 is 2.54 bits per heavy atom. The van der Waals surface area contributed by atoms with Crippen LogP contribution in [0.1, 0.15) is 18.1 Å². The second-order valence-corrected chi connectivity index (χ2v) is 6.51. The van der Waals surface area contributed by atoms with Crippen LogP contribution in [0.4, 0.5) is 8.78 Å². The van der Waals surface area contributed by atoms with Crippen LogP contribution < -0.4 is 19.5 Å². The van der Waals surface area contributed by atoms with Crippen LogP contribution in [0.3, 0.4) is 0 Å². The zero-order chi connectivity index (χ0) is 20.7. The van der Waals surface area contributed by atoms with Crippen molar-refractivity contribution in [3.8, 4) is 17.2 Å². The van der Waals surface area contributed by atoms with E-state index in [2.05, 4.69) is 10.1 Å². The molecule has 2 aromatic rings. The number of methoxy groups -OCH3 is 1. The molecule has 5 nitrogen and oxygen atoms in total. The molecule has 2 aromatic carbocycles. The molecule has 0 saturated carbocycles. The molecule has 0 aliphatic carbocycles. The second kappa shape index (κ2) is 10.1. The summed E-state index contributed by atoms with van der Waals surface area (Å²) in [6.07, 6.45) is -0.319. The topological polar surface area (TPSA) is 56.8 Å². The highest BCUT2D eigenvalue weighted by atomic mass is 35.5. The summed E-state index contributed by atoms with van der Waals surface area (Å²) in [4.78, 5) is 12.2. The second-order valence-electron chi connectivity index (χ2n) is 6.10. The van der Waals surface area contributed by atoms with Gasteiger partial charge in [0, 0.05) is 6.54 Å². The highest BCUT2D eigenvalue weighted by Crippen LogP contribution is 2.29. The Labute approximate surface area is 167 Å². The van der Waals surface area contributed by atoms with E-state index in [4.69, 9.17) is 21.1 Å². The molecule has 152 valence electrons. The normalized spacial score (nSPS) is 11.8. The molecule has 0 heterocycles. The predicted molar refractivity (Wildman–Crippen MR) is 103 cm³/mol. The zero-order valence-electron chi connectivity index (χ0n) is 15.8. The third-order valence-electron chi connectivity index (χ3n) is 3.92. The number of ether oxygens (including phenoxy) is 3. The van der Waals surface area contributed by atoms with Crippen molar-refractivity contribution in [1.82, 2.24) is 5.32 Å². The van der Waals surface area contributed by atoms with Gasteiger partial charge in [-0.25, -0.2) is 0 Å². The molecule has 0 spiro atoms. The summed E-state index contributed by atoms with van der Waals surface area (Å²) in [5, 5.41) is 3.17. The lowest BCUT2D eigenvalue weighted by Gasteiger charge is -2.16. The van der Waals surface area contributed by atoms with Crippen LogP contribution >= 0.6 is 11.6 Å². The molecule has 1 atom stereocenters. The van der Waals surface area contributed by atoms with Gasteiger partial charge in [0.25, 0.3) is 5.91 Å². The van der Waals surface area contributed by atoms with E-state index >= 15 is 0 Å².